The van der Waals surface area contributed by atoms with Gasteiger partial charge < -0.3 is 30.6 Å². The first kappa shape index (κ1) is 29.5. The first-order valence-corrected chi connectivity index (χ1v) is 11.9. The molecular weight excluding hydrogens is 506 g/mol. The number of nitrogens with one attached hydrogen (secondary N) is 2. The SMILES string of the molecule is CCCCN(C(=N)N1C(=N)C(Cl)N=C(C(N)=O)C1N)c1ccc(OCC(COC(C)=O)OC(C)=O)cc1. The maximum Gasteiger partial charge on any atom is 0.303 e. The number of benzene rings is 1. The summed E-state index contributed by atoms with van der Waals surface area (Å²) in [5, 5.41) is 17.1. The lowest BCUT2D eigenvalue weighted by Gasteiger charge is -2.39. The number of nitrogens with zero attached hydrogens (tertiary/aromatic N) is 3. The molecule has 1 heterocycles. The van der Waals surface area contributed by atoms with E-state index in [-0.39, 0.29) is 30.7 Å². The molecule has 0 fully saturated rings. The van der Waals surface area contributed by atoms with Gasteiger partial charge >= 0.3 is 11.9 Å². The smallest absolute Gasteiger partial charge is 0.303 e. The summed E-state index contributed by atoms with van der Waals surface area (Å²) in [5.74, 6) is -1.91. The molecule has 2 rings (SSSR count). The molecule has 0 bridgehead atoms. The summed E-state index contributed by atoms with van der Waals surface area (Å²) in [4.78, 5) is 40.8. The first-order valence-electron chi connectivity index (χ1n) is 11.5. The summed E-state index contributed by atoms with van der Waals surface area (Å²) in [6, 6.07) is 6.71. The molecule has 3 unspecified atom stereocenters. The fourth-order valence-electron chi connectivity index (χ4n) is 3.38. The fourth-order valence-corrected chi connectivity index (χ4v) is 3.59. The molecule has 1 aliphatic heterocycles. The van der Waals surface area contributed by atoms with Gasteiger partial charge in [0.05, 0.1) is 0 Å². The van der Waals surface area contributed by atoms with Gasteiger partial charge in [-0.1, -0.05) is 24.9 Å². The van der Waals surface area contributed by atoms with Crippen molar-refractivity contribution < 1.29 is 28.6 Å². The molecule has 3 atom stereocenters. The van der Waals surface area contributed by atoms with E-state index in [9.17, 15) is 14.4 Å². The minimum absolute atomic E-state index is 0.0479. The summed E-state index contributed by atoms with van der Waals surface area (Å²) in [6.45, 7) is 4.71. The second-order valence-corrected chi connectivity index (χ2v) is 8.50. The fraction of sp³-hybridized carbons (Fsp3) is 0.478. The van der Waals surface area contributed by atoms with Crippen molar-refractivity contribution in [1.29, 1.82) is 10.8 Å². The van der Waals surface area contributed by atoms with Crippen LogP contribution >= 0.6 is 11.6 Å². The Balaban J connectivity index is 2.21. The molecule has 1 aliphatic rings. The number of amides is 1. The van der Waals surface area contributed by atoms with E-state index >= 15 is 0 Å². The van der Waals surface area contributed by atoms with E-state index in [2.05, 4.69) is 4.99 Å². The van der Waals surface area contributed by atoms with E-state index in [0.717, 1.165) is 17.7 Å². The molecular formula is C23H32ClN7O6. The number of hydrogen-bond donors (Lipinski definition) is 4. The van der Waals surface area contributed by atoms with Gasteiger partial charge in [0, 0.05) is 26.1 Å². The number of ether oxygens (including phenoxy) is 3. The molecule has 13 nitrogen and oxygen atoms in total. The zero-order chi connectivity index (χ0) is 27.7. The lowest BCUT2D eigenvalue weighted by Crippen LogP contribution is -2.64. The summed E-state index contributed by atoms with van der Waals surface area (Å²) in [7, 11) is 0. The molecule has 14 heteroatoms. The second-order valence-electron chi connectivity index (χ2n) is 8.08. The largest absolute Gasteiger partial charge is 0.490 e. The molecule has 1 amide bonds. The Kier molecular flexibility index (Phi) is 10.8. The van der Waals surface area contributed by atoms with Crippen molar-refractivity contribution in [3.63, 3.8) is 0 Å². The number of anilines is 1. The number of primary amides is 1. The molecule has 6 N–H and O–H groups in total. The number of aliphatic imine (C=N–C) groups is 1. The highest BCUT2D eigenvalue weighted by Gasteiger charge is 2.38. The normalized spacial score (nSPS) is 17.9. The van der Waals surface area contributed by atoms with E-state index in [1.807, 2.05) is 6.92 Å². The third kappa shape index (κ3) is 8.15. The Morgan fingerprint density at radius 2 is 1.84 bits per heavy atom. The predicted octanol–water partition coefficient (Wildman–Crippen LogP) is 1.17. The molecule has 0 radical (unpaired) electrons. The molecule has 0 saturated heterocycles. The first-order chi connectivity index (χ1) is 17.5. The molecule has 0 saturated carbocycles. The maximum atomic E-state index is 11.8. The van der Waals surface area contributed by atoms with Crippen LogP contribution in [-0.4, -0.2) is 77.8 Å². The van der Waals surface area contributed by atoms with Crippen LogP contribution in [0.2, 0.25) is 0 Å². The van der Waals surface area contributed by atoms with Crippen molar-refractivity contribution in [3.05, 3.63) is 24.3 Å². The minimum atomic E-state index is -1.24. The number of rotatable bonds is 11. The molecule has 1 aromatic carbocycles. The Bertz CT molecular complexity index is 1050. The zero-order valence-corrected chi connectivity index (χ0v) is 21.7. The number of carbonyl (C=O) groups excluding carboxylic acids is 3. The zero-order valence-electron chi connectivity index (χ0n) is 20.9. The molecule has 0 aliphatic carbocycles. The molecule has 37 heavy (non-hydrogen) atoms. The van der Waals surface area contributed by atoms with Crippen LogP contribution in [0.4, 0.5) is 5.69 Å². The number of alkyl halides is 1. The lowest BCUT2D eigenvalue weighted by molar-refractivity contribution is -0.158. The van der Waals surface area contributed by atoms with Crippen LogP contribution < -0.4 is 21.1 Å². The van der Waals surface area contributed by atoms with Gasteiger partial charge in [-0.15, -0.1) is 0 Å². The molecule has 1 aromatic rings. The highest BCUT2D eigenvalue weighted by atomic mass is 35.5. The minimum Gasteiger partial charge on any atom is -0.490 e. The van der Waals surface area contributed by atoms with Crippen molar-refractivity contribution in [2.45, 2.75) is 51.4 Å². The van der Waals surface area contributed by atoms with Gasteiger partial charge in [0.1, 0.15) is 36.7 Å². The quantitative estimate of drug-likeness (QED) is 0.105. The van der Waals surface area contributed by atoms with Crippen LogP contribution in [-0.2, 0) is 23.9 Å². The van der Waals surface area contributed by atoms with Gasteiger partial charge in [-0.2, -0.15) is 0 Å². The monoisotopic (exact) mass is 537 g/mol. The number of guanidine groups is 1. The second kappa shape index (κ2) is 13.6. The molecule has 0 spiro atoms. The Hall–Kier alpha value is -3.71. The number of hydrogen-bond acceptors (Lipinski definition) is 10. The number of nitrogens with two attached hydrogens (primary N) is 2. The van der Waals surface area contributed by atoms with E-state index < -0.39 is 35.6 Å². The van der Waals surface area contributed by atoms with Crippen LogP contribution in [0.5, 0.6) is 5.75 Å². The highest BCUT2D eigenvalue weighted by Crippen LogP contribution is 2.24. The van der Waals surface area contributed by atoms with Crippen molar-refractivity contribution in [3.8, 4) is 5.75 Å². The van der Waals surface area contributed by atoms with E-state index in [4.69, 9.17) is 48.1 Å². The van der Waals surface area contributed by atoms with Crippen LogP contribution in [0.15, 0.2) is 29.3 Å². The third-order valence-electron chi connectivity index (χ3n) is 5.16. The topological polar surface area (TPSA) is 197 Å². The van der Waals surface area contributed by atoms with Gasteiger partial charge in [-0.3, -0.25) is 35.1 Å². The molecule has 0 aromatic heterocycles. The van der Waals surface area contributed by atoms with Crippen LogP contribution in [0.3, 0.4) is 0 Å². The third-order valence-corrected chi connectivity index (χ3v) is 5.46. The van der Waals surface area contributed by atoms with Gasteiger partial charge in [0.2, 0.25) is 5.96 Å². The maximum absolute atomic E-state index is 11.8. The lowest BCUT2D eigenvalue weighted by atomic mass is 10.2. The van der Waals surface area contributed by atoms with E-state index in [1.54, 1.807) is 29.2 Å². The summed E-state index contributed by atoms with van der Waals surface area (Å²) >= 11 is 6.11. The Morgan fingerprint density at radius 1 is 1.19 bits per heavy atom. The molecule has 202 valence electrons. The number of carbonyl (C=O) groups is 3. The number of unbranched alkanes of at least 4 members (excludes halogenated alkanes) is 1. The average molecular weight is 538 g/mol. The van der Waals surface area contributed by atoms with Gasteiger partial charge in [-0.05, 0) is 30.7 Å². The van der Waals surface area contributed by atoms with Gasteiger partial charge in [0.25, 0.3) is 5.91 Å². The predicted molar refractivity (Wildman–Crippen MR) is 138 cm³/mol. The van der Waals surface area contributed by atoms with Crippen molar-refractivity contribution in [1.82, 2.24) is 4.90 Å². The summed E-state index contributed by atoms with van der Waals surface area (Å²) < 4.78 is 15.7. The van der Waals surface area contributed by atoms with Crippen LogP contribution in [0.1, 0.15) is 33.6 Å². The Morgan fingerprint density at radius 3 is 2.38 bits per heavy atom. The summed E-state index contributed by atoms with van der Waals surface area (Å²) in [5.41, 5.74) is 10.6. The van der Waals surface area contributed by atoms with Gasteiger partial charge in [-0.25, -0.2) is 0 Å². The standard InChI is InChI=1S/C23H32ClN7O6/c1-4-5-10-30(23(28)31-20(25)18(22(27)34)29-19(24)21(31)26)15-6-8-16(9-7-15)36-12-17(37-14(3)33)11-35-13(2)32/h6-9,17,19-20,26,28H,4-5,10-12,25H2,1-3H3,(H2,27,34). The van der Waals surface area contributed by atoms with Crippen molar-refractivity contribution >= 4 is 52.6 Å². The number of amidine groups is 1. The van der Waals surface area contributed by atoms with E-state index in [0.29, 0.717) is 18.0 Å². The number of halogens is 1. The highest BCUT2D eigenvalue weighted by molar-refractivity contribution is 6.45. The summed E-state index contributed by atoms with van der Waals surface area (Å²) in [6.07, 6.45) is -0.472. The number of esters is 2. The Labute approximate surface area is 219 Å². The average Bonchev–Trinajstić information content (AvgIpc) is 2.83. The van der Waals surface area contributed by atoms with E-state index in [1.165, 1.54) is 13.8 Å². The van der Waals surface area contributed by atoms with Crippen LogP contribution in [0, 0.1) is 10.8 Å². The van der Waals surface area contributed by atoms with Gasteiger partial charge in [0.15, 0.2) is 11.6 Å². The van der Waals surface area contributed by atoms with Crippen molar-refractivity contribution in [2.75, 3.05) is 24.7 Å². The van der Waals surface area contributed by atoms with Crippen molar-refractivity contribution in [2.24, 2.45) is 16.5 Å². The van der Waals surface area contributed by atoms with Crippen LogP contribution in [0.25, 0.3) is 0 Å².